The second-order valence-electron chi connectivity index (χ2n) is 7.15. The lowest BCUT2D eigenvalue weighted by atomic mass is 9.98. The van der Waals surface area contributed by atoms with E-state index in [2.05, 4.69) is 15.2 Å². The van der Waals surface area contributed by atoms with E-state index in [1.54, 1.807) is 17.5 Å². The van der Waals surface area contributed by atoms with Crippen molar-refractivity contribution in [3.8, 4) is 10.6 Å². The summed E-state index contributed by atoms with van der Waals surface area (Å²) >= 11 is 1.74. The van der Waals surface area contributed by atoms with Crippen LogP contribution in [0.3, 0.4) is 0 Å². The molecule has 6 nitrogen and oxygen atoms in total. The predicted octanol–water partition coefficient (Wildman–Crippen LogP) is 3.82. The molecule has 4 heterocycles. The average Bonchev–Trinajstić information content (AvgIpc) is 3.19. The number of aliphatic hydroxyl groups is 1. The van der Waals surface area contributed by atoms with Crippen molar-refractivity contribution >= 4 is 23.0 Å². The number of pyridine rings is 2. The van der Waals surface area contributed by atoms with Crippen LogP contribution >= 0.6 is 11.3 Å². The maximum absolute atomic E-state index is 9.09. The number of hydrogen-bond acceptors (Lipinski definition) is 7. The quantitative estimate of drug-likeness (QED) is 0.661. The summed E-state index contributed by atoms with van der Waals surface area (Å²) in [5.41, 5.74) is 2.09. The van der Waals surface area contributed by atoms with Crippen molar-refractivity contribution in [3.63, 3.8) is 0 Å². The van der Waals surface area contributed by atoms with Gasteiger partial charge in [-0.2, -0.15) is 0 Å². The van der Waals surface area contributed by atoms with E-state index in [-0.39, 0.29) is 6.61 Å². The summed E-state index contributed by atoms with van der Waals surface area (Å²) in [5, 5.41) is 13.6. The third kappa shape index (κ3) is 4.55. The smallest absolute Gasteiger partial charge is 0.132 e. The maximum atomic E-state index is 9.09. The Bertz CT molecular complexity index is 920. The average molecular weight is 396 g/mol. The van der Waals surface area contributed by atoms with E-state index in [0.29, 0.717) is 5.92 Å². The number of hydrogen-bond donors (Lipinski definition) is 2. The molecular weight excluding hydrogens is 370 g/mol. The summed E-state index contributed by atoms with van der Waals surface area (Å²) in [6, 6.07) is 9.96. The van der Waals surface area contributed by atoms with Gasteiger partial charge >= 0.3 is 0 Å². The predicted molar refractivity (Wildman–Crippen MR) is 113 cm³/mol. The van der Waals surface area contributed by atoms with Crippen LogP contribution in [-0.2, 0) is 0 Å². The summed E-state index contributed by atoms with van der Waals surface area (Å²) in [6.07, 6.45) is 5.93. The first-order valence-electron chi connectivity index (χ1n) is 9.67. The number of likely N-dealkylation sites (tertiary alicyclic amines) is 1. The number of aromatic nitrogens is 3. The number of β-amino-alcohol motifs (C(OH)–C–C–N with tert-alkyl or cyclic N) is 1. The summed E-state index contributed by atoms with van der Waals surface area (Å²) in [6.45, 7) is 5.11. The highest BCUT2D eigenvalue weighted by atomic mass is 32.1. The Balaban J connectivity index is 1.45. The number of aliphatic hydroxyl groups excluding tert-OH is 1. The van der Waals surface area contributed by atoms with Crippen molar-refractivity contribution in [2.24, 2.45) is 0 Å². The van der Waals surface area contributed by atoms with Gasteiger partial charge in [-0.3, -0.25) is 0 Å². The van der Waals surface area contributed by atoms with E-state index in [4.69, 9.17) is 15.1 Å². The number of anilines is 2. The minimum atomic E-state index is 0.236. The molecule has 0 bridgehead atoms. The highest BCUT2D eigenvalue weighted by Crippen LogP contribution is 2.34. The lowest BCUT2D eigenvalue weighted by Gasteiger charge is -2.30. The molecule has 7 heteroatoms. The van der Waals surface area contributed by atoms with Gasteiger partial charge in [-0.05, 0) is 62.7 Å². The first-order valence-corrected chi connectivity index (χ1v) is 10.5. The Morgan fingerprint density at radius 2 is 2.04 bits per heavy atom. The minimum Gasteiger partial charge on any atom is -0.395 e. The molecule has 0 radical (unpaired) electrons. The van der Waals surface area contributed by atoms with Crippen LogP contribution in [0.5, 0.6) is 0 Å². The molecule has 28 heavy (non-hydrogen) atoms. The lowest BCUT2D eigenvalue weighted by molar-refractivity contribution is 0.164. The molecule has 0 aliphatic carbocycles. The topological polar surface area (TPSA) is 74.2 Å². The summed E-state index contributed by atoms with van der Waals surface area (Å²) in [4.78, 5) is 17.2. The third-order valence-corrected chi connectivity index (χ3v) is 6.23. The van der Waals surface area contributed by atoms with Crippen LogP contribution in [0.1, 0.15) is 29.3 Å². The van der Waals surface area contributed by atoms with E-state index in [1.807, 2.05) is 43.5 Å². The van der Waals surface area contributed by atoms with Crippen LogP contribution in [0, 0.1) is 6.92 Å². The molecule has 0 spiro atoms. The van der Waals surface area contributed by atoms with E-state index in [0.717, 1.165) is 60.2 Å². The van der Waals surface area contributed by atoms with Gasteiger partial charge in [0.25, 0.3) is 0 Å². The van der Waals surface area contributed by atoms with Crippen LogP contribution in [0.4, 0.5) is 11.6 Å². The number of aryl methyl sites for hydroxylation is 1. The molecule has 0 saturated carbocycles. The highest BCUT2D eigenvalue weighted by Gasteiger charge is 2.23. The fourth-order valence-corrected chi connectivity index (χ4v) is 4.57. The SMILES string of the molecule is Cc1ccnc(Nc2cccc(-c3cnc(C4CCN(CCO)CC4)s3)n2)c1. The molecule has 3 aromatic heterocycles. The zero-order valence-corrected chi connectivity index (χ0v) is 16.8. The molecule has 0 amide bonds. The summed E-state index contributed by atoms with van der Waals surface area (Å²) < 4.78 is 0. The fraction of sp³-hybridized carbons (Fsp3) is 0.381. The van der Waals surface area contributed by atoms with Gasteiger partial charge in [0.2, 0.25) is 0 Å². The first kappa shape index (κ1) is 19.0. The Morgan fingerprint density at radius 3 is 2.82 bits per heavy atom. The Morgan fingerprint density at radius 1 is 1.18 bits per heavy atom. The number of nitrogens with zero attached hydrogens (tertiary/aromatic N) is 4. The van der Waals surface area contributed by atoms with Crippen molar-refractivity contribution in [2.75, 3.05) is 31.6 Å². The number of nitrogens with one attached hydrogen (secondary N) is 1. The Labute approximate surface area is 169 Å². The molecule has 1 fully saturated rings. The molecule has 2 N–H and O–H groups in total. The molecule has 1 aliphatic heterocycles. The summed E-state index contributed by atoms with van der Waals surface area (Å²) in [5.74, 6) is 2.08. The monoisotopic (exact) mass is 395 g/mol. The van der Waals surface area contributed by atoms with Crippen molar-refractivity contribution in [2.45, 2.75) is 25.7 Å². The van der Waals surface area contributed by atoms with Crippen molar-refractivity contribution in [1.82, 2.24) is 19.9 Å². The summed E-state index contributed by atoms with van der Waals surface area (Å²) in [7, 11) is 0. The van der Waals surface area contributed by atoms with Gasteiger partial charge in [0.15, 0.2) is 0 Å². The second kappa shape index (κ2) is 8.77. The second-order valence-corrected chi connectivity index (χ2v) is 8.22. The van der Waals surface area contributed by atoms with Gasteiger partial charge in [0.05, 0.1) is 22.2 Å². The largest absolute Gasteiger partial charge is 0.395 e. The van der Waals surface area contributed by atoms with Crippen LogP contribution in [0.25, 0.3) is 10.6 Å². The number of rotatable bonds is 6. The zero-order valence-electron chi connectivity index (χ0n) is 16.0. The van der Waals surface area contributed by atoms with Gasteiger partial charge in [0.1, 0.15) is 11.6 Å². The van der Waals surface area contributed by atoms with E-state index >= 15 is 0 Å². The van der Waals surface area contributed by atoms with Crippen LogP contribution in [0.2, 0.25) is 0 Å². The van der Waals surface area contributed by atoms with Gasteiger partial charge in [-0.15, -0.1) is 11.3 Å². The molecule has 3 aromatic rings. The molecule has 0 atom stereocenters. The van der Waals surface area contributed by atoms with Crippen molar-refractivity contribution in [3.05, 3.63) is 53.3 Å². The molecular formula is C21H25N5OS. The van der Waals surface area contributed by atoms with Gasteiger partial charge in [-0.1, -0.05) is 6.07 Å². The normalized spacial score (nSPS) is 15.6. The van der Waals surface area contributed by atoms with Crippen LogP contribution < -0.4 is 5.32 Å². The molecule has 1 aliphatic rings. The zero-order chi connectivity index (χ0) is 19.3. The molecule has 0 aromatic carbocycles. The molecule has 4 rings (SSSR count). The third-order valence-electron chi connectivity index (χ3n) is 5.05. The highest BCUT2D eigenvalue weighted by molar-refractivity contribution is 7.15. The van der Waals surface area contributed by atoms with Crippen LogP contribution in [0.15, 0.2) is 42.7 Å². The van der Waals surface area contributed by atoms with E-state index < -0.39 is 0 Å². The minimum absolute atomic E-state index is 0.236. The maximum Gasteiger partial charge on any atom is 0.132 e. The lowest BCUT2D eigenvalue weighted by Crippen LogP contribution is -2.34. The molecule has 0 unspecified atom stereocenters. The van der Waals surface area contributed by atoms with Crippen molar-refractivity contribution < 1.29 is 5.11 Å². The van der Waals surface area contributed by atoms with Crippen molar-refractivity contribution in [1.29, 1.82) is 0 Å². The van der Waals surface area contributed by atoms with E-state index in [9.17, 15) is 0 Å². The van der Waals surface area contributed by atoms with Gasteiger partial charge < -0.3 is 15.3 Å². The first-order chi connectivity index (χ1) is 13.7. The Hall–Kier alpha value is -2.35. The standard InChI is InChI=1S/C21H25N5OS/c1-15-5-8-22-20(13-15)25-19-4-2-3-17(24-19)18-14-23-21(28-18)16-6-9-26(10-7-16)11-12-27/h2-5,8,13-14,16,27H,6-7,9-12H2,1H3,(H,22,24,25). The van der Waals surface area contributed by atoms with Gasteiger partial charge in [-0.25, -0.2) is 15.0 Å². The van der Waals surface area contributed by atoms with Gasteiger partial charge in [0, 0.05) is 24.9 Å². The molecule has 146 valence electrons. The number of thiazole rings is 1. The Kier molecular flexibility index (Phi) is 5.95. The number of piperidine rings is 1. The fourth-order valence-electron chi connectivity index (χ4n) is 3.52. The van der Waals surface area contributed by atoms with Crippen LogP contribution in [-0.4, -0.2) is 51.2 Å². The van der Waals surface area contributed by atoms with E-state index in [1.165, 1.54) is 5.01 Å². The molecule has 1 saturated heterocycles.